The third kappa shape index (κ3) is 4.85. The van der Waals surface area contributed by atoms with E-state index in [1.165, 1.54) is 4.90 Å². The Kier molecular flexibility index (Phi) is 7.23. The summed E-state index contributed by atoms with van der Waals surface area (Å²) in [5, 5.41) is 3.35. The fourth-order valence-electron chi connectivity index (χ4n) is 3.54. The highest BCUT2D eigenvalue weighted by Crippen LogP contribution is 2.35. The molecule has 2 aromatic rings. The van der Waals surface area contributed by atoms with Gasteiger partial charge in [0, 0.05) is 11.6 Å². The van der Waals surface area contributed by atoms with Crippen molar-refractivity contribution in [3.63, 3.8) is 0 Å². The van der Waals surface area contributed by atoms with Gasteiger partial charge < -0.3 is 14.8 Å². The number of benzene rings is 2. The van der Waals surface area contributed by atoms with E-state index in [9.17, 15) is 9.59 Å². The molecule has 1 unspecified atom stereocenters. The largest absolute Gasteiger partial charge is 0.487 e. The van der Waals surface area contributed by atoms with Gasteiger partial charge in [-0.1, -0.05) is 35.9 Å². The van der Waals surface area contributed by atoms with Crippen molar-refractivity contribution in [3.8, 4) is 5.75 Å². The predicted molar refractivity (Wildman–Crippen MR) is 120 cm³/mol. The van der Waals surface area contributed by atoms with Crippen molar-refractivity contribution in [1.82, 2.24) is 10.2 Å². The van der Waals surface area contributed by atoms with Crippen molar-refractivity contribution >= 4 is 23.6 Å². The van der Waals surface area contributed by atoms with E-state index in [1.807, 2.05) is 45.0 Å². The number of nitrogens with zero attached hydrogens (tertiary/aromatic N) is 1. The standard InChI is InChI=1S/C24H27ClN2O4/c1-5-27-20(14-31-17-12-11-15(3)16(4)13-17)21(23(28)30-6-2)22(26-24(27)29)18-9-7-8-10-19(18)25/h7-13,22H,5-6,14H2,1-4H3,(H,26,29). The molecule has 0 aliphatic carbocycles. The highest BCUT2D eigenvalue weighted by Gasteiger charge is 2.38. The van der Waals surface area contributed by atoms with Gasteiger partial charge in [0.05, 0.1) is 23.9 Å². The zero-order valence-corrected chi connectivity index (χ0v) is 19.0. The number of esters is 1. The van der Waals surface area contributed by atoms with E-state index in [1.54, 1.807) is 25.1 Å². The van der Waals surface area contributed by atoms with Gasteiger partial charge in [-0.15, -0.1) is 0 Å². The minimum atomic E-state index is -0.735. The van der Waals surface area contributed by atoms with E-state index in [4.69, 9.17) is 21.1 Å². The molecule has 0 saturated carbocycles. The quantitative estimate of drug-likeness (QED) is 0.617. The molecule has 1 atom stereocenters. The number of hydrogen-bond acceptors (Lipinski definition) is 4. The Morgan fingerprint density at radius 1 is 1.13 bits per heavy atom. The number of rotatable bonds is 7. The van der Waals surface area contributed by atoms with E-state index in [2.05, 4.69) is 5.32 Å². The van der Waals surface area contributed by atoms with E-state index >= 15 is 0 Å². The van der Waals surface area contributed by atoms with Crippen LogP contribution in [0.5, 0.6) is 5.75 Å². The van der Waals surface area contributed by atoms with Gasteiger partial charge in [-0.25, -0.2) is 9.59 Å². The van der Waals surface area contributed by atoms with Crippen LogP contribution < -0.4 is 10.1 Å². The van der Waals surface area contributed by atoms with Crippen molar-refractivity contribution in [1.29, 1.82) is 0 Å². The van der Waals surface area contributed by atoms with E-state index in [0.29, 0.717) is 34.2 Å². The van der Waals surface area contributed by atoms with Crippen LogP contribution in [0.2, 0.25) is 5.02 Å². The van der Waals surface area contributed by atoms with Crippen LogP contribution in [0.1, 0.15) is 36.6 Å². The number of nitrogens with one attached hydrogen (secondary N) is 1. The van der Waals surface area contributed by atoms with Crippen molar-refractivity contribution in [3.05, 3.63) is 75.4 Å². The third-order valence-corrected chi connectivity index (χ3v) is 5.66. The van der Waals surface area contributed by atoms with E-state index in [-0.39, 0.29) is 19.2 Å². The molecule has 2 amide bonds. The van der Waals surface area contributed by atoms with Crippen LogP contribution in [-0.4, -0.2) is 36.7 Å². The topological polar surface area (TPSA) is 67.9 Å². The smallest absolute Gasteiger partial charge is 0.338 e. The number of likely N-dealkylation sites (N-methyl/N-ethyl adjacent to an activating group) is 1. The van der Waals surface area contributed by atoms with Gasteiger partial charge in [0.2, 0.25) is 0 Å². The predicted octanol–water partition coefficient (Wildman–Crippen LogP) is 4.94. The summed E-state index contributed by atoms with van der Waals surface area (Å²) in [6.07, 6.45) is 0. The number of carbonyl (C=O) groups excluding carboxylic acids is 2. The van der Waals surface area contributed by atoms with Crippen LogP contribution in [0.3, 0.4) is 0 Å². The van der Waals surface area contributed by atoms with E-state index in [0.717, 1.165) is 11.1 Å². The first-order valence-corrected chi connectivity index (χ1v) is 10.7. The number of carbonyl (C=O) groups is 2. The van der Waals surface area contributed by atoms with Crippen LogP contribution in [-0.2, 0) is 9.53 Å². The van der Waals surface area contributed by atoms with Gasteiger partial charge in [-0.3, -0.25) is 4.90 Å². The molecule has 2 aromatic carbocycles. The summed E-state index contributed by atoms with van der Waals surface area (Å²) >= 11 is 6.40. The average molecular weight is 443 g/mol. The molecule has 1 heterocycles. The molecule has 164 valence electrons. The molecule has 7 heteroatoms. The second-order valence-electron chi connectivity index (χ2n) is 7.26. The Morgan fingerprint density at radius 2 is 1.87 bits per heavy atom. The lowest BCUT2D eigenvalue weighted by Gasteiger charge is -2.36. The lowest BCUT2D eigenvalue weighted by molar-refractivity contribution is -0.139. The zero-order valence-electron chi connectivity index (χ0n) is 18.2. The van der Waals surface area contributed by atoms with Gasteiger partial charge in [0.15, 0.2) is 0 Å². The number of hydrogen-bond donors (Lipinski definition) is 1. The molecule has 1 N–H and O–H groups in total. The molecule has 0 bridgehead atoms. The lowest BCUT2D eigenvalue weighted by Crippen LogP contribution is -2.49. The average Bonchev–Trinajstić information content (AvgIpc) is 2.74. The van der Waals surface area contributed by atoms with Crippen LogP contribution in [0.25, 0.3) is 0 Å². The molecule has 0 saturated heterocycles. The molecular weight excluding hydrogens is 416 g/mol. The first kappa shape index (κ1) is 22.7. The van der Waals surface area contributed by atoms with E-state index < -0.39 is 12.0 Å². The molecule has 1 aliphatic heterocycles. The molecule has 31 heavy (non-hydrogen) atoms. The number of halogens is 1. The minimum Gasteiger partial charge on any atom is -0.487 e. The van der Waals surface area contributed by atoms with Crippen LogP contribution >= 0.6 is 11.6 Å². The second-order valence-corrected chi connectivity index (χ2v) is 7.67. The van der Waals surface area contributed by atoms with Crippen molar-refractivity contribution < 1.29 is 19.1 Å². The first-order chi connectivity index (χ1) is 14.9. The van der Waals surface area contributed by atoms with Crippen LogP contribution in [0, 0.1) is 13.8 Å². The van der Waals surface area contributed by atoms with Crippen molar-refractivity contribution in [2.45, 2.75) is 33.7 Å². The molecule has 0 fully saturated rings. The molecular formula is C24H27ClN2O4. The number of ether oxygens (including phenoxy) is 2. The number of urea groups is 1. The van der Waals surface area contributed by atoms with Crippen LogP contribution in [0.4, 0.5) is 4.79 Å². The lowest BCUT2D eigenvalue weighted by atomic mass is 9.94. The summed E-state index contributed by atoms with van der Waals surface area (Å²) < 4.78 is 11.4. The molecule has 0 radical (unpaired) electrons. The first-order valence-electron chi connectivity index (χ1n) is 10.3. The van der Waals surface area contributed by atoms with Gasteiger partial charge in [0.25, 0.3) is 0 Å². The number of aryl methyl sites for hydroxylation is 2. The fraction of sp³-hybridized carbons (Fsp3) is 0.333. The Labute approximate surface area is 187 Å². The summed E-state index contributed by atoms with van der Waals surface area (Å²) in [4.78, 5) is 27.4. The maximum Gasteiger partial charge on any atom is 0.338 e. The molecule has 1 aliphatic rings. The maximum absolute atomic E-state index is 13.0. The summed E-state index contributed by atoms with van der Waals surface area (Å²) in [5.41, 5.74) is 3.66. The molecule has 6 nitrogen and oxygen atoms in total. The third-order valence-electron chi connectivity index (χ3n) is 5.32. The molecule has 3 rings (SSSR count). The molecule has 0 aromatic heterocycles. The van der Waals surface area contributed by atoms with Gasteiger partial charge in [-0.2, -0.15) is 0 Å². The summed E-state index contributed by atoms with van der Waals surface area (Å²) in [7, 11) is 0. The zero-order chi connectivity index (χ0) is 22.5. The molecule has 0 spiro atoms. The summed E-state index contributed by atoms with van der Waals surface area (Å²) in [5.74, 6) is 0.152. The Morgan fingerprint density at radius 3 is 2.52 bits per heavy atom. The maximum atomic E-state index is 13.0. The van der Waals surface area contributed by atoms with Crippen molar-refractivity contribution in [2.75, 3.05) is 19.8 Å². The van der Waals surface area contributed by atoms with Gasteiger partial charge in [-0.05, 0) is 62.6 Å². The van der Waals surface area contributed by atoms with Gasteiger partial charge in [0.1, 0.15) is 12.4 Å². The van der Waals surface area contributed by atoms with Crippen LogP contribution in [0.15, 0.2) is 53.7 Å². The number of amides is 2. The van der Waals surface area contributed by atoms with Gasteiger partial charge >= 0.3 is 12.0 Å². The summed E-state index contributed by atoms with van der Waals surface area (Å²) in [6.45, 7) is 8.24. The SMILES string of the molecule is CCOC(=O)C1=C(COc2ccc(C)c(C)c2)N(CC)C(=O)NC1c1ccccc1Cl. The minimum absolute atomic E-state index is 0.0405. The normalized spacial score (nSPS) is 16.2. The Balaban J connectivity index is 2.08. The monoisotopic (exact) mass is 442 g/mol. The Hall–Kier alpha value is -2.99. The second kappa shape index (κ2) is 9.88. The Bertz CT molecular complexity index is 1020. The highest BCUT2D eigenvalue weighted by molar-refractivity contribution is 6.31. The fourth-order valence-corrected chi connectivity index (χ4v) is 3.79. The summed E-state index contributed by atoms with van der Waals surface area (Å²) in [6, 6.07) is 11.9. The van der Waals surface area contributed by atoms with Crippen molar-refractivity contribution in [2.24, 2.45) is 0 Å². The highest BCUT2D eigenvalue weighted by atomic mass is 35.5.